The quantitative estimate of drug-likeness (QED) is 0.641. The van der Waals surface area contributed by atoms with Crippen LogP contribution < -0.4 is 0 Å². The number of rotatable bonds is 2. The minimum Gasteiger partial charge on any atom is -0.294 e. The zero-order valence-corrected chi connectivity index (χ0v) is 13.1. The Morgan fingerprint density at radius 2 is 1.91 bits per heavy atom. The van der Waals surface area contributed by atoms with Gasteiger partial charge in [0.05, 0.1) is 15.6 Å². The fourth-order valence-corrected chi connectivity index (χ4v) is 2.77. The minimum atomic E-state index is -4.42. The molecule has 0 saturated heterocycles. The number of nitrogens with zero attached hydrogens (tertiary/aromatic N) is 3. The first-order valence-corrected chi connectivity index (χ1v) is 6.97. The van der Waals surface area contributed by atoms with E-state index in [0.29, 0.717) is 15.1 Å². The van der Waals surface area contributed by atoms with E-state index in [4.69, 9.17) is 11.6 Å². The lowest BCUT2D eigenvalue weighted by Crippen LogP contribution is -2.06. The van der Waals surface area contributed by atoms with Crippen molar-refractivity contribution in [2.45, 2.75) is 16.2 Å². The summed E-state index contributed by atoms with van der Waals surface area (Å²) < 4.78 is 40.3. The summed E-state index contributed by atoms with van der Waals surface area (Å²) in [7, 11) is 0. The first kappa shape index (κ1) is 16.9. The second kappa shape index (κ2) is 6.36. The van der Waals surface area contributed by atoms with Crippen LogP contribution in [-0.4, -0.2) is 14.4 Å². The summed E-state index contributed by atoms with van der Waals surface area (Å²) in [5, 5.41) is 1.40. The molecule has 9 heteroatoms. The number of imidazole rings is 1. The largest absolute Gasteiger partial charge is 0.416 e. The van der Waals surface area contributed by atoms with E-state index in [2.05, 4.69) is 9.97 Å². The highest BCUT2D eigenvalue weighted by Crippen LogP contribution is 2.35. The standard InChI is InChI=1S/C13H7ClF3N3S.ClH/c14-9-1-2-11(19-7-9)21-12-6-8(13(15,16)17)5-10-18-3-4-20(10)12;/h1-7H;1H. The van der Waals surface area contributed by atoms with Gasteiger partial charge in [0.2, 0.25) is 0 Å². The van der Waals surface area contributed by atoms with E-state index in [1.165, 1.54) is 12.4 Å². The fraction of sp³-hybridized carbons (Fsp3) is 0.0769. The topological polar surface area (TPSA) is 30.2 Å². The van der Waals surface area contributed by atoms with Gasteiger partial charge in [0.25, 0.3) is 0 Å². The van der Waals surface area contributed by atoms with Gasteiger partial charge < -0.3 is 0 Å². The number of hydrogen-bond donors (Lipinski definition) is 0. The highest BCUT2D eigenvalue weighted by Gasteiger charge is 2.31. The molecule has 0 aliphatic heterocycles. The Morgan fingerprint density at radius 1 is 1.14 bits per heavy atom. The molecule has 0 atom stereocenters. The number of alkyl halides is 3. The molecule has 0 amide bonds. The number of pyridine rings is 2. The van der Waals surface area contributed by atoms with Gasteiger partial charge in [-0.3, -0.25) is 4.40 Å². The zero-order valence-electron chi connectivity index (χ0n) is 10.7. The van der Waals surface area contributed by atoms with Crippen LogP contribution in [0.1, 0.15) is 5.56 Å². The molecule has 3 heterocycles. The highest BCUT2D eigenvalue weighted by molar-refractivity contribution is 7.99. The van der Waals surface area contributed by atoms with Crippen molar-refractivity contribution in [1.82, 2.24) is 14.4 Å². The molecular weight excluding hydrogens is 358 g/mol. The van der Waals surface area contributed by atoms with Gasteiger partial charge in [-0.2, -0.15) is 13.2 Å². The van der Waals surface area contributed by atoms with Crippen LogP contribution in [0.15, 0.2) is 52.9 Å². The van der Waals surface area contributed by atoms with Crippen LogP contribution in [0.2, 0.25) is 5.02 Å². The van der Waals surface area contributed by atoms with Crippen LogP contribution >= 0.6 is 35.8 Å². The molecule has 3 rings (SSSR count). The van der Waals surface area contributed by atoms with Crippen LogP contribution in [0.25, 0.3) is 5.65 Å². The summed E-state index contributed by atoms with van der Waals surface area (Å²) in [4.78, 5) is 7.99. The SMILES string of the molecule is Cl.FC(F)(F)c1cc(Sc2ccc(Cl)cn2)n2ccnc2c1. The third kappa shape index (κ3) is 3.48. The molecule has 0 spiro atoms. The predicted octanol–water partition coefficient (Wildman–Crippen LogP) is 4.97. The van der Waals surface area contributed by atoms with E-state index in [-0.39, 0.29) is 18.1 Å². The Morgan fingerprint density at radius 3 is 2.55 bits per heavy atom. The Kier molecular flexibility index (Phi) is 4.89. The number of fused-ring (bicyclic) bond motifs is 1. The molecule has 0 radical (unpaired) electrons. The molecule has 3 aromatic rings. The second-order valence-corrected chi connectivity index (χ2v) is 5.63. The molecule has 0 fully saturated rings. The molecule has 0 aliphatic carbocycles. The molecule has 3 nitrogen and oxygen atoms in total. The van der Waals surface area contributed by atoms with Crippen molar-refractivity contribution in [1.29, 1.82) is 0 Å². The highest BCUT2D eigenvalue weighted by atomic mass is 35.5. The van der Waals surface area contributed by atoms with E-state index in [0.717, 1.165) is 23.9 Å². The van der Waals surface area contributed by atoms with Crippen LogP contribution in [0.4, 0.5) is 13.2 Å². The lowest BCUT2D eigenvalue weighted by atomic mass is 10.2. The molecule has 22 heavy (non-hydrogen) atoms. The average Bonchev–Trinajstić information content (AvgIpc) is 2.89. The Balaban J connectivity index is 0.00000176. The first-order valence-electron chi connectivity index (χ1n) is 5.77. The normalized spacial score (nSPS) is 11.5. The van der Waals surface area contributed by atoms with Crippen LogP contribution in [0.3, 0.4) is 0 Å². The van der Waals surface area contributed by atoms with Crippen molar-refractivity contribution >= 4 is 41.4 Å². The second-order valence-electron chi connectivity index (χ2n) is 4.15. The summed E-state index contributed by atoms with van der Waals surface area (Å²) in [5.74, 6) is 0. The molecule has 116 valence electrons. The van der Waals surface area contributed by atoms with Gasteiger partial charge in [0, 0.05) is 18.6 Å². The van der Waals surface area contributed by atoms with Gasteiger partial charge in [-0.25, -0.2) is 9.97 Å². The summed E-state index contributed by atoms with van der Waals surface area (Å²) in [6.07, 6.45) is 0.0849. The Labute approximate surface area is 138 Å². The predicted molar refractivity (Wildman–Crippen MR) is 80.8 cm³/mol. The maximum absolute atomic E-state index is 12.9. The van der Waals surface area contributed by atoms with E-state index >= 15 is 0 Å². The zero-order chi connectivity index (χ0) is 15.0. The van der Waals surface area contributed by atoms with E-state index in [9.17, 15) is 13.2 Å². The molecule has 0 N–H and O–H groups in total. The van der Waals surface area contributed by atoms with Crippen molar-refractivity contribution < 1.29 is 13.2 Å². The maximum atomic E-state index is 12.9. The monoisotopic (exact) mass is 365 g/mol. The minimum absolute atomic E-state index is 0. The average molecular weight is 366 g/mol. The van der Waals surface area contributed by atoms with Gasteiger partial charge in [0.1, 0.15) is 10.7 Å². The van der Waals surface area contributed by atoms with Crippen LogP contribution in [-0.2, 0) is 6.18 Å². The summed E-state index contributed by atoms with van der Waals surface area (Å²) >= 11 is 6.86. The van der Waals surface area contributed by atoms with Crippen LogP contribution in [0.5, 0.6) is 0 Å². The first-order chi connectivity index (χ1) is 9.93. The van der Waals surface area contributed by atoms with Crippen molar-refractivity contribution in [3.63, 3.8) is 0 Å². The molecule has 3 aromatic heterocycles. The van der Waals surface area contributed by atoms with Crippen molar-refractivity contribution in [2.75, 3.05) is 0 Å². The van der Waals surface area contributed by atoms with Crippen molar-refractivity contribution in [2.24, 2.45) is 0 Å². The maximum Gasteiger partial charge on any atom is 0.416 e. The summed E-state index contributed by atoms with van der Waals surface area (Å²) in [6, 6.07) is 5.38. The molecule has 0 bridgehead atoms. The van der Waals surface area contributed by atoms with Gasteiger partial charge >= 0.3 is 6.18 Å². The van der Waals surface area contributed by atoms with Crippen molar-refractivity contribution in [3.05, 3.63) is 53.4 Å². The summed E-state index contributed by atoms with van der Waals surface area (Å²) in [6.45, 7) is 0. The molecule has 0 aliphatic rings. The molecule has 0 saturated carbocycles. The van der Waals surface area contributed by atoms with Gasteiger partial charge in [-0.05, 0) is 24.3 Å². The molecule has 0 unspecified atom stereocenters. The third-order valence-corrected chi connectivity index (χ3v) is 3.90. The van der Waals surface area contributed by atoms with Gasteiger partial charge in [-0.15, -0.1) is 12.4 Å². The number of halogens is 5. The van der Waals surface area contributed by atoms with E-state index in [1.807, 2.05) is 0 Å². The fourth-order valence-electron chi connectivity index (χ4n) is 1.76. The lowest BCUT2D eigenvalue weighted by Gasteiger charge is -2.11. The lowest BCUT2D eigenvalue weighted by molar-refractivity contribution is -0.137. The van der Waals surface area contributed by atoms with Crippen molar-refractivity contribution in [3.8, 4) is 0 Å². The third-order valence-electron chi connectivity index (χ3n) is 2.71. The van der Waals surface area contributed by atoms with E-state index < -0.39 is 11.7 Å². The van der Waals surface area contributed by atoms with E-state index in [1.54, 1.807) is 22.7 Å². The Bertz CT molecular complexity index is 787. The van der Waals surface area contributed by atoms with Crippen LogP contribution in [0, 0.1) is 0 Å². The molecular formula is C13H8Cl2F3N3S. The Hall–Kier alpha value is -1.44. The molecule has 0 aromatic carbocycles. The number of hydrogen-bond acceptors (Lipinski definition) is 3. The smallest absolute Gasteiger partial charge is 0.294 e. The summed E-state index contributed by atoms with van der Waals surface area (Å²) in [5.41, 5.74) is -0.501. The number of aromatic nitrogens is 3. The van der Waals surface area contributed by atoms with Gasteiger partial charge in [0.15, 0.2) is 0 Å². The van der Waals surface area contributed by atoms with Gasteiger partial charge in [-0.1, -0.05) is 23.4 Å².